The molecule has 1 heterocycles. The van der Waals surface area contributed by atoms with Crippen LogP contribution >= 0.6 is 27.3 Å². The zero-order valence-corrected chi connectivity index (χ0v) is 12.0. The summed E-state index contributed by atoms with van der Waals surface area (Å²) in [5.74, 6) is -1.01. The van der Waals surface area contributed by atoms with E-state index in [0.717, 1.165) is 10.0 Å². The summed E-state index contributed by atoms with van der Waals surface area (Å²) in [6.07, 6.45) is 0. The second-order valence-corrected chi connectivity index (χ2v) is 5.53. The minimum absolute atomic E-state index is 0.0149. The summed E-state index contributed by atoms with van der Waals surface area (Å²) >= 11 is 4.70. The van der Waals surface area contributed by atoms with Gasteiger partial charge in [-0.15, -0.1) is 11.3 Å². The summed E-state index contributed by atoms with van der Waals surface area (Å²) in [5.41, 5.74) is 2.68. The van der Waals surface area contributed by atoms with Crippen molar-refractivity contribution in [1.29, 1.82) is 0 Å². The highest BCUT2D eigenvalue weighted by molar-refractivity contribution is 9.10. The molecule has 0 fully saturated rings. The third-order valence-corrected chi connectivity index (χ3v) is 3.72. The molecule has 1 aromatic heterocycles. The molecule has 2 aromatic rings. The molecule has 0 bridgehead atoms. The predicted molar refractivity (Wildman–Crippen MR) is 75.3 cm³/mol. The van der Waals surface area contributed by atoms with Crippen molar-refractivity contribution in [3.63, 3.8) is 0 Å². The van der Waals surface area contributed by atoms with Gasteiger partial charge in [0.05, 0.1) is 5.51 Å². The maximum atomic E-state index is 11.0. The molecule has 0 aliphatic heterocycles. The normalized spacial score (nSPS) is 12.1. The third-order valence-electron chi connectivity index (χ3n) is 2.47. The Balaban J connectivity index is 2.18. The lowest BCUT2D eigenvalue weighted by molar-refractivity contribution is 0.0692. The molecule has 1 unspecified atom stereocenters. The lowest BCUT2D eigenvalue weighted by atomic mass is 10.1. The number of halogens is 1. The molecule has 0 aliphatic carbocycles. The predicted octanol–water partition coefficient (Wildman–Crippen LogP) is 3.78. The zero-order valence-electron chi connectivity index (χ0n) is 9.55. The standard InChI is InChI=1S/C12H11BrN2O2S/c1-7(8-3-2-4-9(13)5-8)15-11-10(12(16)17)14-6-18-11/h2-7,15H,1H3,(H,16,17). The van der Waals surface area contributed by atoms with Gasteiger partial charge in [0.2, 0.25) is 0 Å². The summed E-state index contributed by atoms with van der Waals surface area (Å²) in [6, 6.07) is 7.90. The average Bonchev–Trinajstić information content (AvgIpc) is 2.77. The SMILES string of the molecule is CC(Nc1scnc1C(=O)O)c1cccc(Br)c1. The van der Waals surface area contributed by atoms with Crippen molar-refractivity contribution in [2.75, 3.05) is 5.32 Å². The summed E-state index contributed by atoms with van der Waals surface area (Å²) in [5, 5.41) is 12.7. The first-order valence-electron chi connectivity index (χ1n) is 5.26. The van der Waals surface area contributed by atoms with E-state index in [4.69, 9.17) is 5.11 Å². The average molecular weight is 327 g/mol. The van der Waals surface area contributed by atoms with Gasteiger partial charge in [0.1, 0.15) is 5.00 Å². The first-order valence-corrected chi connectivity index (χ1v) is 6.94. The number of thiazole rings is 1. The number of aromatic nitrogens is 1. The lowest BCUT2D eigenvalue weighted by Gasteiger charge is -2.14. The van der Waals surface area contributed by atoms with Gasteiger partial charge in [-0.25, -0.2) is 9.78 Å². The number of anilines is 1. The largest absolute Gasteiger partial charge is 0.476 e. The van der Waals surface area contributed by atoms with Gasteiger partial charge in [0.25, 0.3) is 0 Å². The highest BCUT2D eigenvalue weighted by Crippen LogP contribution is 2.26. The smallest absolute Gasteiger partial charge is 0.357 e. The number of carboxylic acid groups (broad SMARTS) is 1. The van der Waals surface area contributed by atoms with Crippen molar-refractivity contribution in [3.05, 3.63) is 45.5 Å². The molecular weight excluding hydrogens is 316 g/mol. The monoisotopic (exact) mass is 326 g/mol. The Kier molecular flexibility index (Phi) is 3.98. The Morgan fingerprint density at radius 1 is 1.56 bits per heavy atom. The third kappa shape index (κ3) is 2.88. The molecule has 2 rings (SSSR count). The van der Waals surface area contributed by atoms with Crippen LogP contribution in [0.5, 0.6) is 0 Å². The van der Waals surface area contributed by atoms with Crippen molar-refractivity contribution in [3.8, 4) is 0 Å². The van der Waals surface area contributed by atoms with Crippen LogP contribution in [0.1, 0.15) is 29.0 Å². The van der Waals surface area contributed by atoms with Gasteiger partial charge in [0, 0.05) is 10.5 Å². The second kappa shape index (κ2) is 5.49. The highest BCUT2D eigenvalue weighted by atomic mass is 79.9. The van der Waals surface area contributed by atoms with Gasteiger partial charge < -0.3 is 10.4 Å². The molecule has 4 nitrogen and oxygen atoms in total. The van der Waals surface area contributed by atoms with Crippen LogP contribution in [-0.2, 0) is 0 Å². The number of nitrogens with one attached hydrogen (secondary N) is 1. The van der Waals surface area contributed by atoms with Crippen LogP contribution < -0.4 is 5.32 Å². The Morgan fingerprint density at radius 3 is 3.00 bits per heavy atom. The fourth-order valence-corrected chi connectivity index (χ4v) is 2.73. The molecule has 0 spiro atoms. The van der Waals surface area contributed by atoms with Gasteiger partial charge in [-0.3, -0.25) is 0 Å². The van der Waals surface area contributed by atoms with Crippen LogP contribution in [-0.4, -0.2) is 16.1 Å². The number of carboxylic acids is 1. The number of rotatable bonds is 4. The molecule has 0 amide bonds. The van der Waals surface area contributed by atoms with E-state index >= 15 is 0 Å². The van der Waals surface area contributed by atoms with Gasteiger partial charge in [-0.2, -0.15) is 0 Å². The minimum Gasteiger partial charge on any atom is -0.476 e. The van der Waals surface area contributed by atoms with E-state index in [0.29, 0.717) is 5.00 Å². The number of carbonyl (C=O) groups is 1. The van der Waals surface area contributed by atoms with Gasteiger partial charge in [-0.05, 0) is 24.6 Å². The first-order chi connectivity index (χ1) is 8.58. The van der Waals surface area contributed by atoms with Crippen LogP contribution in [0.2, 0.25) is 0 Å². The van der Waals surface area contributed by atoms with E-state index in [9.17, 15) is 4.79 Å². The van der Waals surface area contributed by atoms with Crippen LogP contribution in [0, 0.1) is 0 Å². The Labute approximate surface area is 117 Å². The number of benzene rings is 1. The van der Waals surface area contributed by atoms with Gasteiger partial charge in [0.15, 0.2) is 5.69 Å². The molecule has 0 radical (unpaired) electrons. The van der Waals surface area contributed by atoms with Crippen molar-refractivity contribution < 1.29 is 9.90 Å². The first kappa shape index (κ1) is 13.0. The summed E-state index contributed by atoms with van der Waals surface area (Å²) in [6.45, 7) is 1.98. The van der Waals surface area contributed by atoms with Crippen LogP contribution in [0.15, 0.2) is 34.2 Å². The topological polar surface area (TPSA) is 62.2 Å². The molecule has 1 aromatic carbocycles. The van der Waals surface area contributed by atoms with Crippen molar-refractivity contribution >= 4 is 38.2 Å². The molecule has 2 N–H and O–H groups in total. The Hall–Kier alpha value is -1.40. The van der Waals surface area contributed by atoms with E-state index < -0.39 is 5.97 Å². The number of hydrogen-bond acceptors (Lipinski definition) is 4. The summed E-state index contributed by atoms with van der Waals surface area (Å²) < 4.78 is 0.997. The van der Waals surface area contributed by atoms with Gasteiger partial charge in [-0.1, -0.05) is 28.1 Å². The minimum atomic E-state index is -1.01. The maximum absolute atomic E-state index is 11.0. The quantitative estimate of drug-likeness (QED) is 0.897. The lowest BCUT2D eigenvalue weighted by Crippen LogP contribution is -2.09. The number of hydrogen-bond donors (Lipinski definition) is 2. The molecule has 0 aliphatic rings. The number of aromatic carboxylic acids is 1. The van der Waals surface area contributed by atoms with E-state index in [1.165, 1.54) is 16.8 Å². The van der Waals surface area contributed by atoms with E-state index in [2.05, 4.69) is 26.2 Å². The fraction of sp³-hybridized carbons (Fsp3) is 0.167. The number of nitrogens with zero attached hydrogens (tertiary/aromatic N) is 1. The van der Waals surface area contributed by atoms with Crippen LogP contribution in [0.3, 0.4) is 0 Å². The molecular formula is C12H11BrN2O2S. The van der Waals surface area contributed by atoms with E-state index in [1.54, 1.807) is 0 Å². The Bertz CT molecular complexity index is 571. The highest BCUT2D eigenvalue weighted by Gasteiger charge is 2.15. The van der Waals surface area contributed by atoms with Crippen LogP contribution in [0.4, 0.5) is 5.00 Å². The van der Waals surface area contributed by atoms with Gasteiger partial charge >= 0.3 is 5.97 Å². The zero-order chi connectivity index (χ0) is 13.1. The van der Waals surface area contributed by atoms with E-state index in [1.807, 2.05) is 31.2 Å². The van der Waals surface area contributed by atoms with E-state index in [-0.39, 0.29) is 11.7 Å². The molecule has 0 saturated heterocycles. The molecule has 1 atom stereocenters. The fourth-order valence-electron chi connectivity index (χ4n) is 1.56. The summed E-state index contributed by atoms with van der Waals surface area (Å²) in [7, 11) is 0. The Morgan fingerprint density at radius 2 is 2.33 bits per heavy atom. The van der Waals surface area contributed by atoms with Crippen molar-refractivity contribution in [2.45, 2.75) is 13.0 Å². The van der Waals surface area contributed by atoms with Crippen molar-refractivity contribution in [2.24, 2.45) is 0 Å². The molecule has 18 heavy (non-hydrogen) atoms. The van der Waals surface area contributed by atoms with Crippen LogP contribution in [0.25, 0.3) is 0 Å². The van der Waals surface area contributed by atoms with Crippen molar-refractivity contribution in [1.82, 2.24) is 4.98 Å². The second-order valence-electron chi connectivity index (χ2n) is 3.76. The molecule has 94 valence electrons. The maximum Gasteiger partial charge on any atom is 0.357 e. The molecule has 6 heteroatoms. The molecule has 0 saturated carbocycles. The summed E-state index contributed by atoms with van der Waals surface area (Å²) in [4.78, 5) is 14.8.